The lowest BCUT2D eigenvalue weighted by Gasteiger charge is -2.23. The quantitative estimate of drug-likeness (QED) is 0.319. The smallest absolute Gasteiger partial charge is 0.311 e. The van der Waals surface area contributed by atoms with Gasteiger partial charge >= 0.3 is 11.9 Å². The van der Waals surface area contributed by atoms with Gasteiger partial charge in [0.05, 0.1) is 5.92 Å². The fraction of sp³-hybridized carbons (Fsp3) is 0.310. The molecule has 1 N–H and O–H groups in total. The van der Waals surface area contributed by atoms with Gasteiger partial charge in [0.1, 0.15) is 19.0 Å². The van der Waals surface area contributed by atoms with Crippen LogP contribution >= 0.6 is 0 Å². The third-order valence-corrected chi connectivity index (χ3v) is 6.42. The largest absolute Gasteiger partial charge is 0.489 e. The molecule has 0 radical (unpaired) electrons. The highest BCUT2D eigenvalue weighted by atomic mass is 16.5. The molecule has 2 unspecified atom stereocenters. The van der Waals surface area contributed by atoms with Crippen LogP contribution in [0, 0.1) is 5.92 Å². The number of esters is 1. The van der Waals surface area contributed by atoms with Gasteiger partial charge in [-0.1, -0.05) is 66.7 Å². The summed E-state index contributed by atoms with van der Waals surface area (Å²) in [5.74, 6) is -1.14. The number of aryl methyl sites for hydroxylation is 1. The van der Waals surface area contributed by atoms with Crippen molar-refractivity contribution in [1.82, 2.24) is 0 Å². The topological polar surface area (TPSA) is 72.8 Å². The zero-order valence-corrected chi connectivity index (χ0v) is 19.2. The van der Waals surface area contributed by atoms with E-state index in [2.05, 4.69) is 0 Å². The number of ether oxygens (including phenoxy) is 2. The number of fused-ring (bicyclic) bond motifs is 1. The van der Waals surface area contributed by atoms with Crippen LogP contribution in [0.5, 0.6) is 5.75 Å². The number of carboxylic acid groups (broad SMARTS) is 1. The van der Waals surface area contributed by atoms with Gasteiger partial charge in [-0.25, -0.2) is 0 Å². The van der Waals surface area contributed by atoms with E-state index in [1.807, 2.05) is 78.9 Å². The van der Waals surface area contributed by atoms with Gasteiger partial charge in [0, 0.05) is 6.42 Å². The van der Waals surface area contributed by atoms with Crippen LogP contribution in [0.15, 0.2) is 78.9 Å². The summed E-state index contributed by atoms with van der Waals surface area (Å²) in [6, 6.07) is 25.2. The molecule has 5 nitrogen and oxygen atoms in total. The van der Waals surface area contributed by atoms with Gasteiger partial charge in [-0.3, -0.25) is 9.59 Å². The first kappa shape index (κ1) is 23.6. The maximum Gasteiger partial charge on any atom is 0.311 e. The minimum absolute atomic E-state index is 0.112. The van der Waals surface area contributed by atoms with Gasteiger partial charge in [-0.15, -0.1) is 0 Å². The molecule has 0 saturated carbocycles. The van der Waals surface area contributed by atoms with Gasteiger partial charge in [-0.2, -0.15) is 0 Å². The third kappa shape index (κ3) is 6.25. The first-order chi connectivity index (χ1) is 16.6. The van der Waals surface area contributed by atoms with Crippen molar-refractivity contribution in [3.63, 3.8) is 0 Å². The van der Waals surface area contributed by atoms with Gasteiger partial charge in [0.2, 0.25) is 0 Å². The number of hydrogen-bond donors (Lipinski definition) is 1. The molecule has 1 aliphatic rings. The molecule has 1 aliphatic carbocycles. The Morgan fingerprint density at radius 1 is 0.882 bits per heavy atom. The van der Waals surface area contributed by atoms with Crippen molar-refractivity contribution < 1.29 is 24.2 Å². The van der Waals surface area contributed by atoms with Gasteiger partial charge in [0.15, 0.2) is 0 Å². The third-order valence-electron chi connectivity index (χ3n) is 6.42. The van der Waals surface area contributed by atoms with E-state index in [0.717, 1.165) is 47.3 Å². The highest BCUT2D eigenvalue weighted by Crippen LogP contribution is 2.39. The van der Waals surface area contributed by atoms with Crippen molar-refractivity contribution in [2.75, 3.05) is 0 Å². The van der Waals surface area contributed by atoms with Crippen LogP contribution in [0.4, 0.5) is 0 Å². The summed E-state index contributed by atoms with van der Waals surface area (Å²) in [7, 11) is 0. The molecule has 4 rings (SSSR count). The average molecular weight is 459 g/mol. The molecule has 3 aromatic rings. The summed E-state index contributed by atoms with van der Waals surface area (Å²) in [5, 5.41) is 10.1. The second-order valence-corrected chi connectivity index (χ2v) is 8.79. The number of aliphatic carboxylic acids is 1. The number of carbonyl (C=O) groups is 2. The molecule has 0 aromatic heterocycles. The normalized spacial score (nSPS) is 17.3. The SMILES string of the molecule is O=C(CCC1CCCc2cc(OCc3ccccc3)ccc2C1C(=O)O)OCc1ccccc1. The van der Waals surface area contributed by atoms with Crippen molar-refractivity contribution in [1.29, 1.82) is 0 Å². The molecule has 0 spiro atoms. The Morgan fingerprint density at radius 3 is 2.24 bits per heavy atom. The van der Waals surface area contributed by atoms with Crippen molar-refractivity contribution in [3.8, 4) is 5.75 Å². The van der Waals surface area contributed by atoms with Crippen LogP contribution in [0.25, 0.3) is 0 Å². The van der Waals surface area contributed by atoms with Gasteiger partial charge in [-0.05, 0) is 66.0 Å². The highest BCUT2D eigenvalue weighted by molar-refractivity contribution is 5.77. The molecule has 2 atom stereocenters. The van der Waals surface area contributed by atoms with Crippen LogP contribution in [-0.2, 0) is 34.0 Å². The average Bonchev–Trinajstić information content (AvgIpc) is 3.05. The Balaban J connectivity index is 1.39. The van der Waals surface area contributed by atoms with Crippen molar-refractivity contribution >= 4 is 11.9 Å². The lowest BCUT2D eigenvalue weighted by atomic mass is 9.81. The van der Waals surface area contributed by atoms with Crippen molar-refractivity contribution in [2.45, 2.75) is 51.2 Å². The molecule has 0 bridgehead atoms. The zero-order chi connectivity index (χ0) is 23.8. The maximum absolute atomic E-state index is 12.3. The van der Waals surface area contributed by atoms with Crippen LogP contribution in [0.3, 0.4) is 0 Å². The molecular formula is C29H30O5. The van der Waals surface area contributed by atoms with E-state index in [-0.39, 0.29) is 24.9 Å². The molecule has 0 fully saturated rings. The summed E-state index contributed by atoms with van der Waals surface area (Å²) >= 11 is 0. The highest BCUT2D eigenvalue weighted by Gasteiger charge is 2.33. The molecule has 0 aliphatic heterocycles. The van der Waals surface area contributed by atoms with Crippen molar-refractivity contribution in [3.05, 3.63) is 101 Å². The first-order valence-corrected chi connectivity index (χ1v) is 11.8. The fourth-order valence-corrected chi connectivity index (χ4v) is 4.67. The lowest BCUT2D eigenvalue weighted by Crippen LogP contribution is -2.22. The van der Waals surface area contributed by atoms with Crippen molar-refractivity contribution in [2.24, 2.45) is 5.92 Å². The summed E-state index contributed by atoms with van der Waals surface area (Å²) in [4.78, 5) is 24.6. The number of hydrogen-bond acceptors (Lipinski definition) is 4. The first-order valence-electron chi connectivity index (χ1n) is 11.8. The molecular weight excluding hydrogens is 428 g/mol. The fourth-order valence-electron chi connectivity index (χ4n) is 4.67. The molecule has 0 amide bonds. The second kappa shape index (κ2) is 11.5. The minimum Gasteiger partial charge on any atom is -0.489 e. The summed E-state index contributed by atoms with van der Waals surface area (Å²) < 4.78 is 11.3. The van der Waals surface area contributed by atoms with E-state index in [4.69, 9.17) is 9.47 Å². The molecule has 3 aromatic carbocycles. The number of rotatable bonds is 9. The summed E-state index contributed by atoms with van der Waals surface area (Å²) in [5.41, 5.74) is 3.87. The second-order valence-electron chi connectivity index (χ2n) is 8.79. The maximum atomic E-state index is 12.3. The minimum atomic E-state index is -0.844. The number of carboxylic acids is 1. The summed E-state index contributed by atoms with van der Waals surface area (Å²) in [6.45, 7) is 0.705. The van der Waals surface area contributed by atoms with Gasteiger partial charge < -0.3 is 14.6 Å². The predicted octanol–water partition coefficient (Wildman–Crippen LogP) is 5.91. The van der Waals surface area contributed by atoms with Crippen LogP contribution in [0.2, 0.25) is 0 Å². The van der Waals surface area contributed by atoms with E-state index in [1.54, 1.807) is 0 Å². The predicted molar refractivity (Wildman–Crippen MR) is 129 cm³/mol. The van der Waals surface area contributed by atoms with E-state index in [0.29, 0.717) is 13.0 Å². The van der Waals surface area contributed by atoms with Crippen LogP contribution in [0.1, 0.15) is 53.9 Å². The van der Waals surface area contributed by atoms with Crippen LogP contribution in [-0.4, -0.2) is 17.0 Å². The molecule has 176 valence electrons. The van der Waals surface area contributed by atoms with E-state index in [1.165, 1.54) is 0 Å². The molecule has 34 heavy (non-hydrogen) atoms. The standard InChI is InChI=1S/C29H30O5/c30-27(34-20-22-10-5-2-6-11-22)17-14-23-12-7-13-24-18-25(15-16-26(24)28(23)29(31)32)33-19-21-8-3-1-4-9-21/h1-6,8-11,15-16,18,23,28H,7,12-14,17,19-20H2,(H,31,32). The van der Waals surface area contributed by atoms with E-state index >= 15 is 0 Å². The molecule has 0 heterocycles. The molecule has 5 heteroatoms. The Hall–Kier alpha value is -3.60. The van der Waals surface area contributed by atoms with E-state index < -0.39 is 11.9 Å². The van der Waals surface area contributed by atoms with Gasteiger partial charge in [0.25, 0.3) is 0 Å². The zero-order valence-electron chi connectivity index (χ0n) is 19.2. The Labute approximate surface area is 200 Å². The number of carbonyl (C=O) groups excluding carboxylic acids is 1. The lowest BCUT2D eigenvalue weighted by molar-refractivity contribution is -0.146. The number of benzene rings is 3. The Bertz CT molecular complexity index is 1090. The Morgan fingerprint density at radius 2 is 1.56 bits per heavy atom. The summed E-state index contributed by atoms with van der Waals surface area (Å²) in [6.07, 6.45) is 3.16. The Kier molecular flexibility index (Phi) is 7.97. The molecule has 0 saturated heterocycles. The monoisotopic (exact) mass is 458 g/mol. The van der Waals surface area contributed by atoms with Crippen LogP contribution < -0.4 is 4.74 Å². The van der Waals surface area contributed by atoms with E-state index in [9.17, 15) is 14.7 Å².